The molecular weight excluding hydrogens is 306 g/mol. The summed E-state index contributed by atoms with van der Waals surface area (Å²) in [5, 5.41) is 9.77. The minimum atomic E-state index is -0.274. The zero-order valence-corrected chi connectivity index (χ0v) is 14.4. The summed E-state index contributed by atoms with van der Waals surface area (Å²) >= 11 is 0. The molecule has 0 aliphatic carbocycles. The molecule has 0 unspecified atom stereocenters. The van der Waals surface area contributed by atoms with Crippen LogP contribution in [0, 0.1) is 12.8 Å². The summed E-state index contributed by atoms with van der Waals surface area (Å²) in [6.07, 6.45) is 1.87. The standard InChI is InChI=1S/C17H23N5O2/c1-12(16(23)18-3)11-21(4)17(24)19-14-6-5-7-15(10-14)22-9-8-13(2)20-22/h5-10,12H,11H2,1-4H3,(H,18,23)(H,19,24)/t12-/m0/s1. The number of rotatable bonds is 5. The van der Waals surface area contributed by atoms with Crippen LogP contribution in [0.15, 0.2) is 36.5 Å². The Morgan fingerprint density at radius 3 is 2.71 bits per heavy atom. The number of amides is 3. The number of nitrogens with one attached hydrogen (secondary N) is 2. The van der Waals surface area contributed by atoms with Crippen LogP contribution in [-0.4, -0.2) is 47.3 Å². The van der Waals surface area contributed by atoms with Crippen LogP contribution in [-0.2, 0) is 4.79 Å². The molecule has 0 radical (unpaired) electrons. The van der Waals surface area contributed by atoms with Crippen LogP contribution in [0.25, 0.3) is 5.69 Å². The van der Waals surface area contributed by atoms with E-state index in [0.29, 0.717) is 12.2 Å². The van der Waals surface area contributed by atoms with Gasteiger partial charge in [-0.15, -0.1) is 0 Å². The Labute approximate surface area is 141 Å². The van der Waals surface area contributed by atoms with Gasteiger partial charge in [0.05, 0.1) is 17.3 Å². The predicted octanol–water partition coefficient (Wildman–Crippen LogP) is 2.03. The Kier molecular flexibility index (Phi) is 5.57. The van der Waals surface area contributed by atoms with Gasteiger partial charge in [-0.3, -0.25) is 4.79 Å². The second kappa shape index (κ2) is 7.63. The summed E-state index contributed by atoms with van der Waals surface area (Å²) in [5.74, 6) is -0.366. The maximum absolute atomic E-state index is 12.3. The highest BCUT2D eigenvalue weighted by Crippen LogP contribution is 2.15. The molecule has 7 heteroatoms. The Morgan fingerprint density at radius 1 is 1.33 bits per heavy atom. The van der Waals surface area contributed by atoms with Gasteiger partial charge < -0.3 is 15.5 Å². The lowest BCUT2D eigenvalue weighted by atomic mass is 10.1. The van der Waals surface area contributed by atoms with Crippen molar-refractivity contribution >= 4 is 17.6 Å². The van der Waals surface area contributed by atoms with Gasteiger partial charge in [0.15, 0.2) is 0 Å². The van der Waals surface area contributed by atoms with Gasteiger partial charge in [-0.25, -0.2) is 9.48 Å². The van der Waals surface area contributed by atoms with E-state index in [0.717, 1.165) is 11.4 Å². The lowest BCUT2D eigenvalue weighted by Gasteiger charge is -2.21. The number of anilines is 1. The van der Waals surface area contributed by atoms with Gasteiger partial charge in [0.25, 0.3) is 0 Å². The first kappa shape index (κ1) is 17.5. The monoisotopic (exact) mass is 329 g/mol. The number of aromatic nitrogens is 2. The third-order valence-corrected chi connectivity index (χ3v) is 3.67. The van der Waals surface area contributed by atoms with Crippen molar-refractivity contribution in [2.45, 2.75) is 13.8 Å². The molecular formula is C17H23N5O2. The number of nitrogens with zero attached hydrogens (tertiary/aromatic N) is 3. The van der Waals surface area contributed by atoms with Gasteiger partial charge in [0.2, 0.25) is 5.91 Å². The molecule has 2 rings (SSSR count). The van der Waals surface area contributed by atoms with Crippen LogP contribution in [0.4, 0.5) is 10.5 Å². The Morgan fingerprint density at radius 2 is 2.08 bits per heavy atom. The number of hydrogen-bond donors (Lipinski definition) is 2. The Balaban J connectivity index is 2.02. The summed E-state index contributed by atoms with van der Waals surface area (Å²) in [5.41, 5.74) is 2.46. The average Bonchev–Trinajstić information content (AvgIpc) is 3.00. The summed E-state index contributed by atoms with van der Waals surface area (Å²) in [7, 11) is 3.25. The lowest BCUT2D eigenvalue weighted by molar-refractivity contribution is -0.124. The van der Waals surface area contributed by atoms with Crippen molar-refractivity contribution in [1.29, 1.82) is 0 Å². The second-order valence-corrected chi connectivity index (χ2v) is 5.78. The van der Waals surface area contributed by atoms with Crippen molar-refractivity contribution in [2.24, 2.45) is 5.92 Å². The van der Waals surface area contributed by atoms with E-state index in [-0.39, 0.29) is 17.9 Å². The quantitative estimate of drug-likeness (QED) is 0.881. The van der Waals surface area contributed by atoms with Crippen LogP contribution in [0.3, 0.4) is 0 Å². The van der Waals surface area contributed by atoms with Crippen molar-refractivity contribution in [2.75, 3.05) is 26.0 Å². The Hall–Kier alpha value is -2.83. The van der Waals surface area contributed by atoms with E-state index >= 15 is 0 Å². The van der Waals surface area contributed by atoms with Crippen molar-refractivity contribution < 1.29 is 9.59 Å². The predicted molar refractivity (Wildman–Crippen MR) is 93.2 cm³/mol. The van der Waals surface area contributed by atoms with Gasteiger partial charge >= 0.3 is 6.03 Å². The third-order valence-electron chi connectivity index (χ3n) is 3.67. The van der Waals surface area contributed by atoms with E-state index in [9.17, 15) is 9.59 Å². The van der Waals surface area contributed by atoms with Crippen LogP contribution in [0.5, 0.6) is 0 Å². The van der Waals surface area contributed by atoms with E-state index in [1.165, 1.54) is 4.90 Å². The normalized spacial score (nSPS) is 11.7. The van der Waals surface area contributed by atoms with E-state index in [1.54, 1.807) is 25.7 Å². The first-order chi connectivity index (χ1) is 11.4. The minimum absolute atomic E-state index is 0.0919. The molecule has 1 aromatic heterocycles. The second-order valence-electron chi connectivity index (χ2n) is 5.78. The molecule has 7 nitrogen and oxygen atoms in total. The van der Waals surface area contributed by atoms with Crippen molar-refractivity contribution in [3.8, 4) is 5.69 Å². The molecule has 0 spiro atoms. The number of benzene rings is 1. The summed E-state index contributed by atoms with van der Waals surface area (Å²) in [6.45, 7) is 4.04. The number of aryl methyl sites for hydroxylation is 1. The zero-order valence-electron chi connectivity index (χ0n) is 14.4. The molecule has 24 heavy (non-hydrogen) atoms. The molecule has 128 valence electrons. The number of carbonyl (C=O) groups is 2. The molecule has 3 amide bonds. The van der Waals surface area contributed by atoms with E-state index in [2.05, 4.69) is 15.7 Å². The minimum Gasteiger partial charge on any atom is -0.359 e. The number of hydrogen-bond acceptors (Lipinski definition) is 3. The maximum Gasteiger partial charge on any atom is 0.321 e. The van der Waals surface area contributed by atoms with Crippen LogP contribution < -0.4 is 10.6 Å². The van der Waals surface area contributed by atoms with Gasteiger partial charge in [0.1, 0.15) is 0 Å². The van der Waals surface area contributed by atoms with Crippen LogP contribution >= 0.6 is 0 Å². The van der Waals surface area contributed by atoms with E-state index < -0.39 is 0 Å². The summed E-state index contributed by atoms with van der Waals surface area (Å²) in [4.78, 5) is 25.3. The zero-order chi connectivity index (χ0) is 17.7. The molecule has 0 bridgehead atoms. The smallest absolute Gasteiger partial charge is 0.321 e. The molecule has 0 aliphatic heterocycles. The fraction of sp³-hybridized carbons (Fsp3) is 0.353. The topological polar surface area (TPSA) is 79.3 Å². The van der Waals surface area contributed by atoms with Crippen LogP contribution in [0.1, 0.15) is 12.6 Å². The van der Waals surface area contributed by atoms with Crippen LogP contribution in [0.2, 0.25) is 0 Å². The SMILES string of the molecule is CNC(=O)[C@@H](C)CN(C)C(=O)Nc1cccc(-n2ccc(C)n2)c1. The fourth-order valence-electron chi connectivity index (χ4n) is 2.33. The molecule has 1 atom stereocenters. The van der Waals surface area contributed by atoms with Crippen molar-refractivity contribution in [3.63, 3.8) is 0 Å². The number of urea groups is 1. The first-order valence-corrected chi connectivity index (χ1v) is 7.77. The highest BCUT2D eigenvalue weighted by Gasteiger charge is 2.17. The maximum atomic E-state index is 12.3. The molecule has 1 heterocycles. The summed E-state index contributed by atoms with van der Waals surface area (Å²) in [6, 6.07) is 9.08. The average molecular weight is 329 g/mol. The fourth-order valence-corrected chi connectivity index (χ4v) is 2.33. The molecule has 0 aliphatic rings. The molecule has 2 N–H and O–H groups in total. The summed E-state index contributed by atoms with van der Waals surface area (Å²) < 4.78 is 1.75. The van der Waals surface area contributed by atoms with Crippen molar-refractivity contribution in [3.05, 3.63) is 42.2 Å². The molecule has 0 saturated carbocycles. The largest absolute Gasteiger partial charge is 0.359 e. The molecule has 0 fully saturated rings. The highest BCUT2D eigenvalue weighted by molar-refractivity contribution is 5.90. The molecule has 0 saturated heterocycles. The van der Waals surface area contributed by atoms with E-state index in [1.807, 2.05) is 43.5 Å². The first-order valence-electron chi connectivity index (χ1n) is 7.77. The Bertz CT molecular complexity index is 725. The third kappa shape index (κ3) is 4.34. The highest BCUT2D eigenvalue weighted by atomic mass is 16.2. The number of carbonyl (C=O) groups excluding carboxylic acids is 2. The molecule has 2 aromatic rings. The lowest BCUT2D eigenvalue weighted by Crippen LogP contribution is -2.39. The van der Waals surface area contributed by atoms with Gasteiger partial charge in [-0.1, -0.05) is 13.0 Å². The molecule has 1 aromatic carbocycles. The van der Waals surface area contributed by atoms with Gasteiger partial charge in [0, 0.05) is 32.5 Å². The van der Waals surface area contributed by atoms with E-state index in [4.69, 9.17) is 0 Å². The van der Waals surface area contributed by atoms with Crippen molar-refractivity contribution in [1.82, 2.24) is 20.0 Å². The van der Waals surface area contributed by atoms with Gasteiger partial charge in [-0.05, 0) is 31.2 Å². The van der Waals surface area contributed by atoms with Gasteiger partial charge in [-0.2, -0.15) is 5.10 Å².